The van der Waals surface area contributed by atoms with Gasteiger partial charge in [0.1, 0.15) is 0 Å². The summed E-state index contributed by atoms with van der Waals surface area (Å²) in [6, 6.07) is 4.19. The number of amides is 1. The van der Waals surface area contributed by atoms with E-state index in [0.29, 0.717) is 13.0 Å². The molecule has 1 saturated carbocycles. The molecule has 2 rings (SSSR count). The largest absolute Gasteiger partial charge is 0.356 e. The summed E-state index contributed by atoms with van der Waals surface area (Å²) in [5.41, 5.74) is 6.19. The predicted octanol–water partition coefficient (Wildman–Crippen LogP) is 2.56. The second-order valence-electron chi connectivity index (χ2n) is 5.37. The number of hydrogen-bond donors (Lipinski definition) is 2. The van der Waals surface area contributed by atoms with Crippen molar-refractivity contribution >= 4 is 18.3 Å². The van der Waals surface area contributed by atoms with Gasteiger partial charge >= 0.3 is 0 Å². The maximum absolute atomic E-state index is 13.4. The fourth-order valence-electron chi connectivity index (χ4n) is 2.71. The van der Waals surface area contributed by atoms with E-state index in [-0.39, 0.29) is 42.3 Å². The fraction of sp³-hybridized carbons (Fsp3) is 0.533. The lowest BCUT2D eigenvalue weighted by molar-refractivity contribution is -0.122. The molecule has 6 heteroatoms. The Morgan fingerprint density at radius 3 is 2.76 bits per heavy atom. The molecule has 1 aromatic carbocycles. The summed E-state index contributed by atoms with van der Waals surface area (Å²) in [4.78, 5) is 11.8. The molecule has 3 N–H and O–H groups in total. The number of rotatable bonds is 5. The van der Waals surface area contributed by atoms with Crippen molar-refractivity contribution in [3.63, 3.8) is 0 Å². The Morgan fingerprint density at radius 1 is 1.33 bits per heavy atom. The number of hydrogen-bond acceptors (Lipinski definition) is 2. The van der Waals surface area contributed by atoms with E-state index in [0.717, 1.165) is 25.3 Å². The molecule has 21 heavy (non-hydrogen) atoms. The highest BCUT2D eigenvalue weighted by Crippen LogP contribution is 2.26. The van der Waals surface area contributed by atoms with Crippen LogP contribution in [0.4, 0.5) is 8.78 Å². The van der Waals surface area contributed by atoms with Gasteiger partial charge in [-0.05, 0) is 36.8 Å². The molecular weight excluding hydrogens is 298 g/mol. The van der Waals surface area contributed by atoms with Gasteiger partial charge in [0.15, 0.2) is 11.6 Å². The summed E-state index contributed by atoms with van der Waals surface area (Å²) in [6.07, 6.45) is 3.76. The molecule has 0 heterocycles. The molecule has 118 valence electrons. The molecule has 0 unspecified atom stereocenters. The highest BCUT2D eigenvalue weighted by Gasteiger charge is 2.25. The summed E-state index contributed by atoms with van der Waals surface area (Å²) >= 11 is 0. The van der Waals surface area contributed by atoms with Gasteiger partial charge in [-0.15, -0.1) is 12.4 Å². The van der Waals surface area contributed by atoms with Crippen LogP contribution in [0.25, 0.3) is 0 Å². The minimum Gasteiger partial charge on any atom is -0.356 e. The lowest BCUT2D eigenvalue weighted by Gasteiger charge is -2.14. The van der Waals surface area contributed by atoms with Gasteiger partial charge in [0.2, 0.25) is 5.91 Å². The molecule has 0 spiro atoms. The second-order valence-corrected chi connectivity index (χ2v) is 5.37. The first kappa shape index (κ1) is 17.9. The summed E-state index contributed by atoms with van der Waals surface area (Å²) in [7, 11) is 0. The number of carbonyl (C=O) groups is 1. The smallest absolute Gasteiger partial charge is 0.220 e. The zero-order valence-corrected chi connectivity index (χ0v) is 12.6. The Labute approximate surface area is 129 Å². The number of nitrogens with one attached hydrogen (secondary N) is 1. The summed E-state index contributed by atoms with van der Waals surface area (Å²) in [5.74, 6) is -1.50. The molecule has 0 radical (unpaired) electrons. The highest BCUT2D eigenvalue weighted by atomic mass is 35.5. The summed E-state index contributed by atoms with van der Waals surface area (Å²) in [6.45, 7) is 0.307. The predicted molar refractivity (Wildman–Crippen MR) is 80.3 cm³/mol. The molecule has 0 aliphatic heterocycles. The molecule has 3 nitrogen and oxygen atoms in total. The second kappa shape index (κ2) is 8.29. The van der Waals surface area contributed by atoms with Crippen LogP contribution in [-0.4, -0.2) is 18.5 Å². The van der Waals surface area contributed by atoms with Crippen LogP contribution in [0.15, 0.2) is 18.2 Å². The standard InChI is InChI=1S/C15H20F2N2O.ClH/c16-12-5-1-3-10(15(12)17)7-8-19-14(20)9-11-4-2-6-13(11)18;/h1,3,5,11,13H,2,4,6-9,18H2,(H,19,20);1H/t11-,13+;/m0./s1. The van der Waals surface area contributed by atoms with Crippen molar-refractivity contribution in [3.05, 3.63) is 35.4 Å². The van der Waals surface area contributed by atoms with Crippen LogP contribution >= 0.6 is 12.4 Å². The summed E-state index contributed by atoms with van der Waals surface area (Å²) in [5, 5.41) is 2.74. The van der Waals surface area contributed by atoms with Crippen molar-refractivity contribution < 1.29 is 13.6 Å². The zero-order valence-electron chi connectivity index (χ0n) is 11.8. The van der Waals surface area contributed by atoms with Gasteiger partial charge in [0.05, 0.1) is 0 Å². The lowest BCUT2D eigenvalue weighted by atomic mass is 10.00. The molecule has 1 aliphatic carbocycles. The van der Waals surface area contributed by atoms with E-state index in [1.54, 1.807) is 0 Å². The molecule has 1 aliphatic rings. The average Bonchev–Trinajstić information content (AvgIpc) is 2.80. The zero-order chi connectivity index (χ0) is 14.5. The molecule has 0 bridgehead atoms. The van der Waals surface area contributed by atoms with Crippen molar-refractivity contribution in [1.82, 2.24) is 5.32 Å². The number of halogens is 3. The van der Waals surface area contributed by atoms with E-state index < -0.39 is 11.6 Å². The van der Waals surface area contributed by atoms with Gasteiger partial charge in [-0.1, -0.05) is 18.6 Å². The van der Waals surface area contributed by atoms with E-state index in [9.17, 15) is 13.6 Å². The van der Waals surface area contributed by atoms with E-state index in [1.165, 1.54) is 12.1 Å². The topological polar surface area (TPSA) is 55.1 Å². The summed E-state index contributed by atoms with van der Waals surface area (Å²) < 4.78 is 26.4. The Hall–Kier alpha value is -1.20. The van der Waals surface area contributed by atoms with Gasteiger partial charge in [0, 0.05) is 19.0 Å². The number of nitrogens with two attached hydrogens (primary N) is 1. The Balaban J connectivity index is 0.00000220. The number of benzene rings is 1. The van der Waals surface area contributed by atoms with E-state index in [1.807, 2.05) is 0 Å². The first-order valence-electron chi connectivity index (χ1n) is 7.03. The Bertz CT molecular complexity index is 485. The molecule has 0 aromatic heterocycles. The van der Waals surface area contributed by atoms with Crippen LogP contribution in [0.1, 0.15) is 31.2 Å². The fourth-order valence-corrected chi connectivity index (χ4v) is 2.71. The lowest BCUT2D eigenvalue weighted by Crippen LogP contribution is -2.32. The van der Waals surface area contributed by atoms with Gasteiger partial charge in [-0.2, -0.15) is 0 Å². The van der Waals surface area contributed by atoms with Crippen molar-refractivity contribution in [2.45, 2.75) is 38.1 Å². The third kappa shape index (κ3) is 4.93. The van der Waals surface area contributed by atoms with Gasteiger partial charge in [0.25, 0.3) is 0 Å². The van der Waals surface area contributed by atoms with Crippen molar-refractivity contribution in [2.24, 2.45) is 11.7 Å². The molecule has 0 saturated heterocycles. The molecule has 1 amide bonds. The normalized spacial score (nSPS) is 20.9. The van der Waals surface area contributed by atoms with E-state index >= 15 is 0 Å². The van der Waals surface area contributed by atoms with Gasteiger partial charge in [-0.3, -0.25) is 4.79 Å². The maximum atomic E-state index is 13.4. The quantitative estimate of drug-likeness (QED) is 0.876. The van der Waals surface area contributed by atoms with Crippen LogP contribution in [0.2, 0.25) is 0 Å². The van der Waals surface area contributed by atoms with E-state index in [2.05, 4.69) is 5.32 Å². The van der Waals surface area contributed by atoms with E-state index in [4.69, 9.17) is 5.73 Å². The number of carbonyl (C=O) groups excluding carboxylic acids is 1. The van der Waals surface area contributed by atoms with Crippen LogP contribution in [0, 0.1) is 17.6 Å². The van der Waals surface area contributed by atoms with Crippen LogP contribution in [0.3, 0.4) is 0 Å². The molecular formula is C15H21ClF2N2O. The first-order chi connectivity index (χ1) is 9.58. The maximum Gasteiger partial charge on any atom is 0.220 e. The molecule has 1 fully saturated rings. The van der Waals surface area contributed by atoms with Gasteiger partial charge in [-0.25, -0.2) is 8.78 Å². The third-order valence-electron chi connectivity index (χ3n) is 3.91. The monoisotopic (exact) mass is 318 g/mol. The molecule has 1 aromatic rings. The first-order valence-corrected chi connectivity index (χ1v) is 7.03. The van der Waals surface area contributed by atoms with Crippen LogP contribution in [0.5, 0.6) is 0 Å². The highest BCUT2D eigenvalue weighted by molar-refractivity contribution is 5.85. The van der Waals surface area contributed by atoms with Gasteiger partial charge < -0.3 is 11.1 Å². The SMILES string of the molecule is Cl.N[C@@H]1CCC[C@H]1CC(=O)NCCc1cccc(F)c1F. The van der Waals surface area contributed by atoms with Crippen molar-refractivity contribution in [1.29, 1.82) is 0 Å². The average molecular weight is 319 g/mol. The van der Waals surface area contributed by atoms with Crippen LogP contribution < -0.4 is 11.1 Å². The van der Waals surface area contributed by atoms with Crippen molar-refractivity contribution in [2.75, 3.05) is 6.54 Å². The molecule has 2 atom stereocenters. The van der Waals surface area contributed by atoms with Crippen LogP contribution in [-0.2, 0) is 11.2 Å². The third-order valence-corrected chi connectivity index (χ3v) is 3.91. The minimum absolute atomic E-state index is 0. The Kier molecular flexibility index (Phi) is 7.05. The minimum atomic E-state index is -0.856. The van der Waals surface area contributed by atoms with Crippen molar-refractivity contribution in [3.8, 4) is 0 Å². The Morgan fingerprint density at radius 2 is 2.10 bits per heavy atom.